The fourth-order valence-electron chi connectivity index (χ4n) is 3.70. The molecule has 0 radical (unpaired) electrons. The molecule has 5 heteroatoms. The van der Waals surface area contributed by atoms with Crippen LogP contribution in [0.4, 0.5) is 16.2 Å². The summed E-state index contributed by atoms with van der Waals surface area (Å²) in [5, 5.41) is 0. The van der Waals surface area contributed by atoms with Gasteiger partial charge in [-0.15, -0.1) is 0 Å². The monoisotopic (exact) mass is 375 g/mol. The summed E-state index contributed by atoms with van der Waals surface area (Å²) in [6.07, 6.45) is 3.94. The Kier molecular flexibility index (Phi) is 7.40. The summed E-state index contributed by atoms with van der Waals surface area (Å²) >= 11 is 0. The number of carbonyl (C=O) groups is 1. The van der Waals surface area contributed by atoms with Crippen molar-refractivity contribution >= 4 is 17.5 Å². The number of benzene rings is 1. The summed E-state index contributed by atoms with van der Waals surface area (Å²) < 4.78 is 5.50. The fraction of sp³-hybridized carbons (Fsp3) is 0.682. The molecule has 2 N–H and O–H groups in total. The molecule has 1 fully saturated rings. The van der Waals surface area contributed by atoms with Crippen LogP contribution in [0.25, 0.3) is 0 Å². The number of piperidine rings is 1. The number of carbonyl (C=O) groups excluding carboxylic acids is 1. The van der Waals surface area contributed by atoms with E-state index in [1.807, 2.05) is 31.7 Å². The van der Waals surface area contributed by atoms with Gasteiger partial charge >= 0.3 is 6.09 Å². The van der Waals surface area contributed by atoms with Gasteiger partial charge in [-0.25, -0.2) is 4.79 Å². The van der Waals surface area contributed by atoms with Gasteiger partial charge in [0.05, 0.1) is 11.4 Å². The highest BCUT2D eigenvalue weighted by atomic mass is 16.6. The lowest BCUT2D eigenvalue weighted by molar-refractivity contribution is 0.0205. The van der Waals surface area contributed by atoms with Crippen molar-refractivity contribution in [2.45, 2.75) is 71.8 Å². The van der Waals surface area contributed by atoms with Crippen molar-refractivity contribution in [3.05, 3.63) is 23.8 Å². The van der Waals surface area contributed by atoms with E-state index in [1.165, 1.54) is 5.56 Å². The van der Waals surface area contributed by atoms with Gasteiger partial charge in [-0.05, 0) is 70.1 Å². The second-order valence-electron chi connectivity index (χ2n) is 8.55. The zero-order chi connectivity index (χ0) is 20.0. The molecule has 1 saturated heterocycles. The Morgan fingerprint density at radius 2 is 1.78 bits per heavy atom. The number of hydrogen-bond donors (Lipinski definition) is 1. The molecule has 0 aliphatic carbocycles. The molecular formula is C22H37N3O2. The van der Waals surface area contributed by atoms with Gasteiger partial charge in [0.15, 0.2) is 0 Å². The van der Waals surface area contributed by atoms with Crippen molar-refractivity contribution in [1.29, 1.82) is 0 Å². The number of amides is 1. The van der Waals surface area contributed by atoms with Crippen molar-refractivity contribution in [1.82, 2.24) is 4.90 Å². The standard InChI is InChI=1S/C22H37N3O2/c1-6-12-24(13-7-2)20-16-18(8-9-19(20)23)17-10-14-25(15-11-17)21(26)27-22(3,4)5/h8-9,16-17H,6-7,10-15,23H2,1-5H3. The normalized spacial score (nSPS) is 15.7. The SMILES string of the molecule is CCCN(CCC)c1cc(C2CCN(C(=O)OC(C)(C)C)CC2)ccc1N. The van der Waals surface area contributed by atoms with Gasteiger partial charge in [0.2, 0.25) is 0 Å². The van der Waals surface area contributed by atoms with E-state index in [-0.39, 0.29) is 6.09 Å². The molecule has 0 bridgehead atoms. The van der Waals surface area contributed by atoms with Crippen LogP contribution in [0, 0.1) is 0 Å². The van der Waals surface area contributed by atoms with Crippen LogP contribution < -0.4 is 10.6 Å². The lowest BCUT2D eigenvalue weighted by Gasteiger charge is -2.34. The van der Waals surface area contributed by atoms with Crippen LogP contribution >= 0.6 is 0 Å². The molecule has 5 nitrogen and oxygen atoms in total. The lowest BCUT2D eigenvalue weighted by atomic mass is 9.89. The van der Waals surface area contributed by atoms with Gasteiger partial charge in [0.25, 0.3) is 0 Å². The van der Waals surface area contributed by atoms with E-state index in [9.17, 15) is 4.79 Å². The first kappa shape index (κ1) is 21.4. The maximum atomic E-state index is 12.3. The number of hydrogen-bond acceptors (Lipinski definition) is 4. The molecule has 1 aliphatic rings. The molecular weight excluding hydrogens is 338 g/mol. The Morgan fingerprint density at radius 1 is 1.19 bits per heavy atom. The maximum Gasteiger partial charge on any atom is 0.410 e. The minimum absolute atomic E-state index is 0.198. The van der Waals surface area contributed by atoms with E-state index in [0.29, 0.717) is 5.92 Å². The fourth-order valence-corrected chi connectivity index (χ4v) is 3.70. The Bertz CT molecular complexity index is 610. The number of ether oxygens (including phenoxy) is 1. The zero-order valence-corrected chi connectivity index (χ0v) is 17.8. The number of nitrogen functional groups attached to an aromatic ring is 1. The number of nitrogens with two attached hydrogens (primary N) is 1. The average Bonchev–Trinajstić information content (AvgIpc) is 2.61. The highest BCUT2D eigenvalue weighted by molar-refractivity contribution is 5.69. The zero-order valence-electron chi connectivity index (χ0n) is 17.8. The van der Waals surface area contributed by atoms with Crippen molar-refractivity contribution in [3.8, 4) is 0 Å². The Labute approximate surface area is 164 Å². The van der Waals surface area contributed by atoms with E-state index in [4.69, 9.17) is 10.5 Å². The molecule has 0 aromatic heterocycles. The number of likely N-dealkylation sites (tertiary alicyclic amines) is 1. The van der Waals surface area contributed by atoms with Crippen LogP contribution in [0.1, 0.15) is 71.8 Å². The summed E-state index contributed by atoms with van der Waals surface area (Å²) in [6, 6.07) is 6.47. The van der Waals surface area contributed by atoms with Crippen LogP contribution in [-0.2, 0) is 4.74 Å². The molecule has 2 rings (SSSR count). The molecule has 1 heterocycles. The van der Waals surface area contributed by atoms with E-state index < -0.39 is 5.60 Å². The third-order valence-electron chi connectivity index (χ3n) is 5.00. The molecule has 0 saturated carbocycles. The van der Waals surface area contributed by atoms with Crippen molar-refractivity contribution in [2.24, 2.45) is 0 Å². The summed E-state index contributed by atoms with van der Waals surface area (Å²) in [5.41, 5.74) is 9.19. The third-order valence-corrected chi connectivity index (χ3v) is 5.00. The molecule has 0 unspecified atom stereocenters. The first-order chi connectivity index (χ1) is 12.7. The molecule has 27 heavy (non-hydrogen) atoms. The van der Waals surface area contributed by atoms with Crippen LogP contribution in [0.3, 0.4) is 0 Å². The van der Waals surface area contributed by atoms with Gasteiger partial charge in [-0.2, -0.15) is 0 Å². The Balaban J connectivity index is 2.05. The van der Waals surface area contributed by atoms with Gasteiger partial charge in [-0.1, -0.05) is 19.9 Å². The summed E-state index contributed by atoms with van der Waals surface area (Å²) in [5.74, 6) is 0.466. The van der Waals surface area contributed by atoms with E-state index >= 15 is 0 Å². The molecule has 0 atom stereocenters. The molecule has 1 aromatic carbocycles. The number of rotatable bonds is 6. The predicted molar refractivity (Wildman–Crippen MR) is 113 cm³/mol. The highest BCUT2D eigenvalue weighted by Crippen LogP contribution is 2.34. The highest BCUT2D eigenvalue weighted by Gasteiger charge is 2.27. The smallest absolute Gasteiger partial charge is 0.410 e. The summed E-state index contributed by atoms with van der Waals surface area (Å²) in [6.45, 7) is 13.7. The van der Waals surface area contributed by atoms with Crippen LogP contribution in [0.2, 0.25) is 0 Å². The number of nitrogens with zero attached hydrogens (tertiary/aromatic N) is 2. The summed E-state index contributed by atoms with van der Waals surface area (Å²) in [4.78, 5) is 16.5. The predicted octanol–water partition coefficient (Wildman–Crippen LogP) is 5.01. The number of anilines is 2. The molecule has 1 amide bonds. The van der Waals surface area contributed by atoms with Crippen molar-refractivity contribution in [2.75, 3.05) is 36.8 Å². The van der Waals surface area contributed by atoms with E-state index in [1.54, 1.807) is 0 Å². The lowest BCUT2D eigenvalue weighted by Crippen LogP contribution is -2.41. The van der Waals surface area contributed by atoms with Gasteiger partial charge < -0.3 is 20.3 Å². The first-order valence-electron chi connectivity index (χ1n) is 10.4. The third kappa shape index (κ3) is 6.05. The summed E-state index contributed by atoms with van der Waals surface area (Å²) in [7, 11) is 0. The molecule has 1 aliphatic heterocycles. The second-order valence-corrected chi connectivity index (χ2v) is 8.55. The van der Waals surface area contributed by atoms with Crippen LogP contribution in [0.5, 0.6) is 0 Å². The molecule has 0 spiro atoms. The average molecular weight is 376 g/mol. The minimum Gasteiger partial charge on any atom is -0.444 e. The van der Waals surface area contributed by atoms with Crippen molar-refractivity contribution < 1.29 is 9.53 Å². The van der Waals surface area contributed by atoms with Gasteiger partial charge in [0.1, 0.15) is 5.60 Å². The topological polar surface area (TPSA) is 58.8 Å². The quantitative estimate of drug-likeness (QED) is 0.710. The minimum atomic E-state index is -0.443. The van der Waals surface area contributed by atoms with Gasteiger partial charge in [-0.3, -0.25) is 0 Å². The molecule has 152 valence electrons. The first-order valence-corrected chi connectivity index (χ1v) is 10.4. The molecule has 1 aromatic rings. The van der Waals surface area contributed by atoms with E-state index in [0.717, 1.165) is 63.2 Å². The maximum absolute atomic E-state index is 12.3. The van der Waals surface area contributed by atoms with Gasteiger partial charge in [0, 0.05) is 26.2 Å². The van der Waals surface area contributed by atoms with Crippen LogP contribution in [0.15, 0.2) is 18.2 Å². The van der Waals surface area contributed by atoms with Crippen molar-refractivity contribution in [3.63, 3.8) is 0 Å². The largest absolute Gasteiger partial charge is 0.444 e. The Morgan fingerprint density at radius 3 is 2.30 bits per heavy atom. The van der Waals surface area contributed by atoms with Crippen LogP contribution in [-0.4, -0.2) is 42.8 Å². The van der Waals surface area contributed by atoms with E-state index in [2.05, 4.69) is 30.9 Å². The second kappa shape index (κ2) is 9.34. The Hall–Kier alpha value is -1.91.